The predicted octanol–water partition coefficient (Wildman–Crippen LogP) is 2.30. The van der Waals surface area contributed by atoms with E-state index in [0.29, 0.717) is 0 Å². The normalized spacial score (nSPS) is 11.1. The fourth-order valence-corrected chi connectivity index (χ4v) is 1.84. The number of pyridine rings is 1. The van der Waals surface area contributed by atoms with Crippen LogP contribution >= 0.6 is 0 Å². The lowest BCUT2D eigenvalue weighted by Crippen LogP contribution is -1.99. The Morgan fingerprint density at radius 3 is 2.71 bits per heavy atom. The minimum Gasteiger partial charge on any atom is -0.284 e. The predicted molar refractivity (Wildman–Crippen MR) is 56.5 cm³/mol. The Balaban J connectivity index is 2.70. The second kappa shape index (κ2) is 3.40. The summed E-state index contributed by atoms with van der Waals surface area (Å²) >= 11 is 0. The van der Waals surface area contributed by atoms with Crippen molar-refractivity contribution in [3.05, 3.63) is 29.2 Å². The molecule has 0 fully saturated rings. The molecule has 74 valence electrons. The van der Waals surface area contributed by atoms with Crippen LogP contribution in [-0.2, 0) is 6.42 Å². The van der Waals surface area contributed by atoms with Crippen molar-refractivity contribution in [2.45, 2.75) is 33.6 Å². The molecule has 0 saturated carbocycles. The van der Waals surface area contributed by atoms with E-state index in [2.05, 4.69) is 40.6 Å². The van der Waals surface area contributed by atoms with Crippen molar-refractivity contribution in [1.29, 1.82) is 0 Å². The molecule has 0 aliphatic rings. The van der Waals surface area contributed by atoms with Crippen LogP contribution in [0.4, 0.5) is 0 Å². The summed E-state index contributed by atoms with van der Waals surface area (Å²) in [4.78, 5) is 0. The highest BCUT2D eigenvalue weighted by Crippen LogP contribution is 2.13. The zero-order chi connectivity index (χ0) is 10.1. The van der Waals surface area contributed by atoms with Crippen LogP contribution in [0.2, 0.25) is 0 Å². The third-order valence-corrected chi connectivity index (χ3v) is 2.39. The minimum absolute atomic E-state index is 0.964. The molecule has 0 saturated heterocycles. The zero-order valence-electron chi connectivity index (χ0n) is 8.91. The van der Waals surface area contributed by atoms with Crippen molar-refractivity contribution in [1.82, 2.24) is 14.6 Å². The number of hydrogen-bond acceptors (Lipinski definition) is 2. The van der Waals surface area contributed by atoms with Gasteiger partial charge in [0.15, 0.2) is 5.65 Å². The maximum absolute atomic E-state index is 4.13. The lowest BCUT2D eigenvalue weighted by Gasteiger charge is -2.06. The summed E-state index contributed by atoms with van der Waals surface area (Å²) in [5.41, 5.74) is 3.53. The van der Waals surface area contributed by atoms with Crippen molar-refractivity contribution in [3.63, 3.8) is 0 Å². The van der Waals surface area contributed by atoms with Crippen molar-refractivity contribution < 1.29 is 0 Å². The number of hydrogen-bond donors (Lipinski definition) is 0. The van der Waals surface area contributed by atoms with Crippen LogP contribution in [0.3, 0.4) is 0 Å². The van der Waals surface area contributed by atoms with Crippen LogP contribution in [0, 0.1) is 13.8 Å². The van der Waals surface area contributed by atoms with E-state index in [4.69, 9.17) is 0 Å². The lowest BCUT2D eigenvalue weighted by molar-refractivity contribution is 0.840. The molecule has 0 atom stereocenters. The van der Waals surface area contributed by atoms with Crippen molar-refractivity contribution in [2.75, 3.05) is 0 Å². The highest BCUT2D eigenvalue weighted by atomic mass is 15.2. The van der Waals surface area contributed by atoms with E-state index in [1.165, 1.54) is 11.3 Å². The molecule has 3 nitrogen and oxygen atoms in total. The summed E-state index contributed by atoms with van der Waals surface area (Å²) in [7, 11) is 0. The van der Waals surface area contributed by atoms with Crippen LogP contribution in [0.1, 0.15) is 30.4 Å². The van der Waals surface area contributed by atoms with Gasteiger partial charge < -0.3 is 0 Å². The van der Waals surface area contributed by atoms with Gasteiger partial charge in [-0.15, -0.1) is 10.2 Å². The summed E-state index contributed by atoms with van der Waals surface area (Å²) in [5.74, 6) is 0.975. The van der Waals surface area contributed by atoms with Crippen LogP contribution in [0.5, 0.6) is 0 Å². The molecule has 2 aromatic heterocycles. The quantitative estimate of drug-likeness (QED) is 0.725. The van der Waals surface area contributed by atoms with Crippen LogP contribution in [0.25, 0.3) is 5.65 Å². The van der Waals surface area contributed by atoms with Crippen LogP contribution in [0.15, 0.2) is 12.1 Å². The summed E-state index contributed by atoms with van der Waals surface area (Å²) < 4.78 is 2.14. The first-order valence-corrected chi connectivity index (χ1v) is 5.03. The molecule has 2 heterocycles. The largest absolute Gasteiger partial charge is 0.284 e. The lowest BCUT2D eigenvalue weighted by atomic mass is 10.2. The van der Waals surface area contributed by atoms with Gasteiger partial charge in [-0.1, -0.05) is 13.3 Å². The molecular formula is C11H15N3. The maximum Gasteiger partial charge on any atom is 0.161 e. The molecule has 0 bridgehead atoms. The first-order chi connectivity index (χ1) is 6.72. The van der Waals surface area contributed by atoms with Gasteiger partial charge in [-0.25, -0.2) is 0 Å². The van der Waals surface area contributed by atoms with Gasteiger partial charge in [0.2, 0.25) is 0 Å². The van der Waals surface area contributed by atoms with Gasteiger partial charge in [0.25, 0.3) is 0 Å². The van der Waals surface area contributed by atoms with Gasteiger partial charge in [0.05, 0.1) is 0 Å². The van der Waals surface area contributed by atoms with Crippen molar-refractivity contribution >= 4 is 5.65 Å². The Bertz CT molecular complexity index is 457. The van der Waals surface area contributed by atoms with Gasteiger partial charge in [0, 0.05) is 5.69 Å². The molecular weight excluding hydrogens is 174 g/mol. The Morgan fingerprint density at radius 2 is 2.00 bits per heavy atom. The van der Waals surface area contributed by atoms with Gasteiger partial charge >= 0.3 is 0 Å². The molecule has 0 aliphatic heterocycles. The summed E-state index contributed by atoms with van der Waals surface area (Å²) in [6.07, 6.45) is 2.23. The average molecular weight is 189 g/mol. The van der Waals surface area contributed by atoms with Crippen LogP contribution < -0.4 is 0 Å². The number of aryl methyl sites for hydroxylation is 3. The van der Waals surface area contributed by atoms with E-state index in [1.54, 1.807) is 0 Å². The zero-order valence-corrected chi connectivity index (χ0v) is 8.91. The number of aromatic nitrogens is 3. The molecule has 0 spiro atoms. The molecule has 2 aromatic rings. The van der Waals surface area contributed by atoms with Gasteiger partial charge in [-0.05, 0) is 38.0 Å². The molecule has 0 unspecified atom stereocenters. The molecule has 2 rings (SSSR count). The molecule has 3 heteroatoms. The molecule has 0 amide bonds. The highest BCUT2D eigenvalue weighted by Gasteiger charge is 2.05. The molecule has 0 radical (unpaired) electrons. The second-order valence-electron chi connectivity index (χ2n) is 3.71. The molecule has 0 aromatic carbocycles. The Hall–Kier alpha value is -1.38. The Kier molecular flexibility index (Phi) is 2.23. The van der Waals surface area contributed by atoms with Crippen molar-refractivity contribution in [3.8, 4) is 0 Å². The van der Waals surface area contributed by atoms with Gasteiger partial charge in [0.1, 0.15) is 5.82 Å². The van der Waals surface area contributed by atoms with Gasteiger partial charge in [-0.3, -0.25) is 4.40 Å². The number of nitrogens with zero attached hydrogens (tertiary/aromatic N) is 3. The Labute approximate surface area is 83.8 Å². The SMILES string of the molecule is CCCc1cc(C)cc2nnc(C)n12. The molecule has 14 heavy (non-hydrogen) atoms. The first-order valence-electron chi connectivity index (χ1n) is 5.03. The standard InChI is InChI=1S/C11H15N3/c1-4-5-10-6-8(2)7-11-13-12-9(3)14(10)11/h6-7H,4-5H2,1-3H3. The van der Waals surface area contributed by atoms with E-state index < -0.39 is 0 Å². The molecule has 0 aliphatic carbocycles. The van der Waals surface area contributed by atoms with E-state index in [-0.39, 0.29) is 0 Å². The topological polar surface area (TPSA) is 30.2 Å². The van der Waals surface area contributed by atoms with Gasteiger partial charge in [-0.2, -0.15) is 0 Å². The monoisotopic (exact) mass is 189 g/mol. The molecule has 0 N–H and O–H groups in total. The van der Waals surface area contributed by atoms with E-state index in [1.807, 2.05) is 6.92 Å². The second-order valence-corrected chi connectivity index (χ2v) is 3.71. The average Bonchev–Trinajstić information content (AvgIpc) is 2.48. The summed E-state index contributed by atoms with van der Waals surface area (Å²) in [6, 6.07) is 4.28. The third kappa shape index (κ3) is 1.39. The maximum atomic E-state index is 4.13. The minimum atomic E-state index is 0.964. The Morgan fingerprint density at radius 1 is 1.21 bits per heavy atom. The smallest absolute Gasteiger partial charge is 0.161 e. The van der Waals surface area contributed by atoms with Crippen LogP contribution in [-0.4, -0.2) is 14.6 Å². The highest BCUT2D eigenvalue weighted by molar-refractivity contribution is 5.43. The van der Waals surface area contributed by atoms with E-state index in [9.17, 15) is 0 Å². The van der Waals surface area contributed by atoms with Crippen molar-refractivity contribution in [2.24, 2.45) is 0 Å². The fraction of sp³-hybridized carbons (Fsp3) is 0.455. The summed E-state index contributed by atoms with van der Waals surface area (Å²) in [6.45, 7) is 6.28. The first kappa shape index (κ1) is 9.19. The van der Waals surface area contributed by atoms with E-state index >= 15 is 0 Å². The number of rotatable bonds is 2. The summed E-state index contributed by atoms with van der Waals surface area (Å²) in [5, 5.41) is 8.23. The third-order valence-electron chi connectivity index (χ3n) is 2.39. The fourth-order valence-electron chi connectivity index (χ4n) is 1.84. The number of fused-ring (bicyclic) bond motifs is 1. The van der Waals surface area contributed by atoms with E-state index in [0.717, 1.165) is 24.3 Å².